The van der Waals surface area contributed by atoms with E-state index in [9.17, 15) is 4.79 Å². The number of hydrogen-bond acceptors (Lipinski definition) is 7. The molecular weight excluding hydrogens is 300 g/mol. The predicted molar refractivity (Wildman–Crippen MR) is 87.7 cm³/mol. The molecule has 2 heterocycles. The van der Waals surface area contributed by atoms with Crippen molar-refractivity contribution < 1.29 is 4.79 Å². The number of aromatic nitrogens is 4. The highest BCUT2D eigenvalue weighted by Gasteiger charge is 2.18. The van der Waals surface area contributed by atoms with E-state index < -0.39 is 0 Å². The van der Waals surface area contributed by atoms with E-state index in [1.807, 2.05) is 39.8 Å². The van der Waals surface area contributed by atoms with Crippen LogP contribution in [0.1, 0.15) is 40.1 Å². The average molecular weight is 320 g/mol. The number of nitrogens with zero attached hydrogens (tertiary/aromatic N) is 5. The number of hydrogen-bond donors (Lipinski definition) is 1. The second kappa shape index (κ2) is 6.78. The summed E-state index contributed by atoms with van der Waals surface area (Å²) in [6.45, 7) is 5.76. The molecule has 0 aliphatic carbocycles. The third-order valence-corrected chi connectivity index (χ3v) is 3.91. The van der Waals surface area contributed by atoms with Crippen molar-refractivity contribution in [2.45, 2.75) is 33.6 Å². The number of amides is 1. The van der Waals surface area contributed by atoms with Gasteiger partial charge in [-0.2, -0.15) is 0 Å². The van der Waals surface area contributed by atoms with Gasteiger partial charge in [-0.1, -0.05) is 17.8 Å². The van der Waals surface area contributed by atoms with Gasteiger partial charge in [0.2, 0.25) is 5.95 Å². The lowest BCUT2D eigenvalue weighted by Gasteiger charge is -2.15. The lowest BCUT2D eigenvalue weighted by Crippen LogP contribution is -2.18. The molecule has 0 unspecified atom stereocenters. The Labute approximate surface area is 134 Å². The highest BCUT2D eigenvalue weighted by molar-refractivity contribution is 7.08. The van der Waals surface area contributed by atoms with Crippen LogP contribution >= 0.6 is 11.5 Å². The largest absolute Gasteiger partial charge is 0.347 e. The SMILES string of the molecule is CCCc1nnsc1C(=O)Nc1c(C)nc(N(C)C)nc1C. The molecule has 7 nitrogen and oxygen atoms in total. The van der Waals surface area contributed by atoms with Crippen molar-refractivity contribution in [1.29, 1.82) is 0 Å². The zero-order chi connectivity index (χ0) is 16.3. The van der Waals surface area contributed by atoms with Crippen molar-refractivity contribution in [2.75, 3.05) is 24.3 Å². The van der Waals surface area contributed by atoms with E-state index in [1.165, 1.54) is 0 Å². The van der Waals surface area contributed by atoms with Gasteiger partial charge in [-0.3, -0.25) is 4.79 Å². The first-order valence-electron chi connectivity index (χ1n) is 7.09. The molecule has 0 saturated heterocycles. The van der Waals surface area contributed by atoms with Crippen LogP contribution in [0, 0.1) is 13.8 Å². The van der Waals surface area contributed by atoms with Gasteiger partial charge < -0.3 is 10.2 Å². The van der Waals surface area contributed by atoms with E-state index in [-0.39, 0.29) is 5.91 Å². The van der Waals surface area contributed by atoms with Crippen LogP contribution in [0.3, 0.4) is 0 Å². The fraction of sp³-hybridized carbons (Fsp3) is 0.500. The number of aryl methyl sites for hydroxylation is 3. The summed E-state index contributed by atoms with van der Waals surface area (Å²) in [5.41, 5.74) is 2.86. The Morgan fingerprint density at radius 3 is 2.41 bits per heavy atom. The first kappa shape index (κ1) is 16.3. The first-order valence-corrected chi connectivity index (χ1v) is 7.86. The maximum absolute atomic E-state index is 12.4. The third kappa shape index (κ3) is 3.38. The molecule has 0 aliphatic rings. The van der Waals surface area contributed by atoms with Crippen LogP contribution in [0.15, 0.2) is 0 Å². The number of carbonyl (C=O) groups excluding carboxylic acids is 1. The number of anilines is 2. The number of rotatable bonds is 5. The van der Waals surface area contributed by atoms with Gasteiger partial charge in [0.05, 0.1) is 22.8 Å². The van der Waals surface area contributed by atoms with Crippen LogP contribution in [-0.2, 0) is 6.42 Å². The maximum atomic E-state index is 12.4. The second-order valence-electron chi connectivity index (χ2n) is 5.22. The van der Waals surface area contributed by atoms with Gasteiger partial charge in [0.25, 0.3) is 5.91 Å². The predicted octanol–water partition coefficient (Wildman–Crippen LogP) is 2.22. The summed E-state index contributed by atoms with van der Waals surface area (Å²) in [6, 6.07) is 0. The van der Waals surface area contributed by atoms with Gasteiger partial charge in [0.15, 0.2) is 0 Å². The van der Waals surface area contributed by atoms with Crippen LogP contribution < -0.4 is 10.2 Å². The Morgan fingerprint density at radius 1 is 1.23 bits per heavy atom. The Hall–Kier alpha value is -2.09. The van der Waals surface area contributed by atoms with Crippen molar-refractivity contribution in [1.82, 2.24) is 19.6 Å². The topological polar surface area (TPSA) is 83.9 Å². The van der Waals surface area contributed by atoms with E-state index in [4.69, 9.17) is 0 Å². The molecular formula is C14H20N6OS. The zero-order valence-corrected chi connectivity index (χ0v) is 14.3. The molecule has 0 fully saturated rings. The van der Waals surface area contributed by atoms with Crippen molar-refractivity contribution in [3.63, 3.8) is 0 Å². The Morgan fingerprint density at radius 2 is 1.86 bits per heavy atom. The van der Waals surface area contributed by atoms with E-state index in [0.717, 1.165) is 41.5 Å². The average Bonchev–Trinajstić information content (AvgIpc) is 2.91. The fourth-order valence-electron chi connectivity index (χ4n) is 2.03. The van der Waals surface area contributed by atoms with Gasteiger partial charge in [-0.15, -0.1) is 5.10 Å². The third-order valence-electron chi connectivity index (χ3n) is 3.15. The molecule has 0 atom stereocenters. The minimum absolute atomic E-state index is 0.203. The van der Waals surface area contributed by atoms with E-state index in [2.05, 4.69) is 24.9 Å². The molecule has 1 amide bonds. The summed E-state index contributed by atoms with van der Waals surface area (Å²) in [6.07, 6.45) is 1.66. The lowest BCUT2D eigenvalue weighted by molar-refractivity contribution is 0.102. The zero-order valence-electron chi connectivity index (χ0n) is 13.5. The van der Waals surface area contributed by atoms with Crippen LogP contribution in [-0.4, -0.2) is 39.6 Å². The summed E-state index contributed by atoms with van der Waals surface area (Å²) in [7, 11) is 3.76. The minimum atomic E-state index is -0.203. The molecule has 0 spiro atoms. The fourth-order valence-corrected chi connectivity index (χ4v) is 2.63. The monoisotopic (exact) mass is 320 g/mol. The molecule has 1 N–H and O–H groups in total. The van der Waals surface area contributed by atoms with Gasteiger partial charge in [-0.25, -0.2) is 9.97 Å². The first-order chi connectivity index (χ1) is 10.4. The molecule has 2 aromatic rings. The molecule has 0 aromatic carbocycles. The van der Waals surface area contributed by atoms with E-state index in [1.54, 1.807) is 0 Å². The van der Waals surface area contributed by atoms with Crippen molar-refractivity contribution in [3.05, 3.63) is 22.0 Å². The molecule has 0 aliphatic heterocycles. The smallest absolute Gasteiger partial charge is 0.269 e. The summed E-state index contributed by atoms with van der Waals surface area (Å²) in [5.74, 6) is 0.421. The Bertz CT molecular complexity index is 659. The van der Waals surface area contributed by atoms with Crippen LogP contribution in [0.4, 0.5) is 11.6 Å². The molecule has 0 radical (unpaired) electrons. The van der Waals surface area contributed by atoms with Gasteiger partial charge in [-0.05, 0) is 31.8 Å². The van der Waals surface area contributed by atoms with Crippen molar-refractivity contribution in [2.24, 2.45) is 0 Å². The molecule has 22 heavy (non-hydrogen) atoms. The minimum Gasteiger partial charge on any atom is -0.347 e. The van der Waals surface area contributed by atoms with Gasteiger partial charge in [0.1, 0.15) is 4.88 Å². The molecule has 8 heteroatoms. The summed E-state index contributed by atoms with van der Waals surface area (Å²) >= 11 is 1.11. The molecule has 0 saturated carbocycles. The van der Waals surface area contributed by atoms with E-state index in [0.29, 0.717) is 16.5 Å². The summed E-state index contributed by atoms with van der Waals surface area (Å²) < 4.78 is 3.88. The summed E-state index contributed by atoms with van der Waals surface area (Å²) in [5, 5.41) is 6.91. The van der Waals surface area contributed by atoms with Gasteiger partial charge >= 0.3 is 0 Å². The normalized spacial score (nSPS) is 10.6. The second-order valence-corrected chi connectivity index (χ2v) is 5.97. The highest BCUT2D eigenvalue weighted by Crippen LogP contribution is 2.22. The number of nitrogens with one attached hydrogen (secondary N) is 1. The molecule has 0 bridgehead atoms. The van der Waals surface area contributed by atoms with Crippen LogP contribution in [0.25, 0.3) is 0 Å². The standard InChI is InChI=1S/C14H20N6OS/c1-6-7-10-12(22-19-18-10)13(21)17-11-8(2)15-14(20(4)5)16-9(11)3/h6-7H2,1-5H3,(H,17,21). The molecule has 118 valence electrons. The Kier molecular flexibility index (Phi) is 5.02. The molecule has 2 aromatic heterocycles. The summed E-state index contributed by atoms with van der Waals surface area (Å²) in [4.78, 5) is 23.6. The lowest BCUT2D eigenvalue weighted by atomic mass is 10.2. The van der Waals surface area contributed by atoms with Gasteiger partial charge in [0, 0.05) is 14.1 Å². The van der Waals surface area contributed by atoms with Crippen LogP contribution in [0.2, 0.25) is 0 Å². The molecule has 2 rings (SSSR count). The Balaban J connectivity index is 2.27. The van der Waals surface area contributed by atoms with Crippen molar-refractivity contribution >= 4 is 29.1 Å². The van der Waals surface area contributed by atoms with Crippen molar-refractivity contribution in [3.8, 4) is 0 Å². The highest BCUT2D eigenvalue weighted by atomic mass is 32.1. The maximum Gasteiger partial charge on any atom is 0.269 e. The van der Waals surface area contributed by atoms with Crippen LogP contribution in [0.5, 0.6) is 0 Å². The number of carbonyl (C=O) groups is 1. The van der Waals surface area contributed by atoms with E-state index >= 15 is 0 Å². The quantitative estimate of drug-likeness (QED) is 0.909.